The van der Waals surface area contributed by atoms with Crippen molar-refractivity contribution in [1.29, 1.82) is 0 Å². The van der Waals surface area contributed by atoms with Gasteiger partial charge >= 0.3 is 0 Å². The Balaban J connectivity index is 1.84. The Kier molecular flexibility index (Phi) is 6.07. The summed E-state index contributed by atoms with van der Waals surface area (Å²) in [6, 6.07) is 0. The average molecular weight is 270 g/mol. The molecule has 0 saturated carbocycles. The number of nitrogens with two attached hydrogens (primary N) is 1. The summed E-state index contributed by atoms with van der Waals surface area (Å²) in [4.78, 5) is 14.2. The van der Waals surface area contributed by atoms with Gasteiger partial charge in [0.1, 0.15) is 0 Å². The monoisotopic (exact) mass is 270 g/mol. The number of carbonyl (C=O) groups is 1. The minimum atomic E-state index is 0.191. The summed E-state index contributed by atoms with van der Waals surface area (Å²) in [7, 11) is 0. The van der Waals surface area contributed by atoms with Crippen LogP contribution in [0.2, 0.25) is 0 Å². The zero-order chi connectivity index (χ0) is 13.5. The number of amides is 1. The van der Waals surface area contributed by atoms with Gasteiger partial charge in [-0.05, 0) is 38.6 Å². The predicted octanol–water partition coefficient (Wildman–Crippen LogP) is 0.912. The van der Waals surface area contributed by atoms with E-state index in [4.69, 9.17) is 15.2 Å². The van der Waals surface area contributed by atoms with Crippen LogP contribution in [0, 0.1) is 0 Å². The molecular formula is C14H26N2O3. The van der Waals surface area contributed by atoms with E-state index in [-0.39, 0.29) is 18.1 Å². The van der Waals surface area contributed by atoms with Gasteiger partial charge in [0.05, 0.1) is 12.2 Å². The first-order valence-corrected chi connectivity index (χ1v) is 7.50. The molecule has 5 heteroatoms. The Labute approximate surface area is 115 Å². The summed E-state index contributed by atoms with van der Waals surface area (Å²) < 4.78 is 11.3. The van der Waals surface area contributed by atoms with Crippen molar-refractivity contribution in [3.05, 3.63) is 0 Å². The van der Waals surface area contributed by atoms with E-state index < -0.39 is 0 Å². The quantitative estimate of drug-likeness (QED) is 0.747. The minimum absolute atomic E-state index is 0.191. The first-order valence-electron chi connectivity index (χ1n) is 7.50. The van der Waals surface area contributed by atoms with Gasteiger partial charge in [0.25, 0.3) is 0 Å². The molecule has 2 aliphatic rings. The second kappa shape index (κ2) is 7.82. The second-order valence-corrected chi connectivity index (χ2v) is 5.46. The summed E-state index contributed by atoms with van der Waals surface area (Å²) in [6.07, 6.45) is 6.05. The second-order valence-electron chi connectivity index (χ2n) is 5.46. The smallest absolute Gasteiger partial charge is 0.222 e. The summed E-state index contributed by atoms with van der Waals surface area (Å²) in [5, 5.41) is 0. The highest BCUT2D eigenvalue weighted by Gasteiger charge is 2.26. The molecule has 2 heterocycles. The van der Waals surface area contributed by atoms with Gasteiger partial charge in [0.2, 0.25) is 5.91 Å². The van der Waals surface area contributed by atoms with E-state index in [2.05, 4.69) is 0 Å². The highest BCUT2D eigenvalue weighted by molar-refractivity contribution is 5.76. The van der Waals surface area contributed by atoms with Gasteiger partial charge in [-0.15, -0.1) is 0 Å². The number of nitrogens with zero attached hydrogens (tertiary/aromatic N) is 1. The van der Waals surface area contributed by atoms with Gasteiger partial charge in [-0.25, -0.2) is 0 Å². The molecule has 2 fully saturated rings. The van der Waals surface area contributed by atoms with Crippen LogP contribution in [0.1, 0.15) is 38.5 Å². The van der Waals surface area contributed by atoms with Crippen molar-refractivity contribution in [2.45, 2.75) is 50.7 Å². The highest BCUT2D eigenvalue weighted by atomic mass is 16.5. The van der Waals surface area contributed by atoms with Crippen LogP contribution in [0.25, 0.3) is 0 Å². The third-order valence-electron chi connectivity index (χ3n) is 3.84. The number of hydrogen-bond donors (Lipinski definition) is 1. The lowest BCUT2D eigenvalue weighted by Gasteiger charge is -2.27. The van der Waals surface area contributed by atoms with Gasteiger partial charge in [0, 0.05) is 32.7 Å². The molecule has 1 amide bonds. The maximum absolute atomic E-state index is 12.2. The summed E-state index contributed by atoms with van der Waals surface area (Å²) >= 11 is 0. The van der Waals surface area contributed by atoms with Crippen LogP contribution in [0.5, 0.6) is 0 Å². The third-order valence-corrected chi connectivity index (χ3v) is 3.84. The van der Waals surface area contributed by atoms with Crippen LogP contribution in [-0.2, 0) is 14.3 Å². The van der Waals surface area contributed by atoms with E-state index in [1.165, 1.54) is 0 Å². The topological polar surface area (TPSA) is 64.8 Å². The van der Waals surface area contributed by atoms with E-state index in [9.17, 15) is 4.79 Å². The largest absolute Gasteiger partial charge is 0.376 e. The summed E-state index contributed by atoms with van der Waals surface area (Å²) in [6.45, 7) is 3.65. The molecule has 2 N–H and O–H groups in total. The van der Waals surface area contributed by atoms with E-state index in [0.29, 0.717) is 26.1 Å². The Morgan fingerprint density at radius 1 is 1.11 bits per heavy atom. The van der Waals surface area contributed by atoms with Crippen LogP contribution in [0.4, 0.5) is 0 Å². The predicted molar refractivity (Wildman–Crippen MR) is 72.8 cm³/mol. The standard InChI is InChI=1S/C14H26N2O3/c15-7-1-6-14(17)16(10-12-4-2-8-18-12)11-13-5-3-9-19-13/h12-13H,1-11,15H2. The lowest BCUT2D eigenvalue weighted by Crippen LogP contribution is -2.42. The molecule has 0 aliphatic carbocycles. The summed E-state index contributed by atoms with van der Waals surface area (Å²) in [5.74, 6) is 0.191. The Bertz CT molecular complexity index is 256. The van der Waals surface area contributed by atoms with Crippen LogP contribution in [0.3, 0.4) is 0 Å². The van der Waals surface area contributed by atoms with Gasteiger partial charge in [0.15, 0.2) is 0 Å². The molecule has 2 aliphatic heterocycles. The first kappa shape index (κ1) is 14.8. The Morgan fingerprint density at radius 2 is 1.68 bits per heavy atom. The maximum Gasteiger partial charge on any atom is 0.222 e. The van der Waals surface area contributed by atoms with Crippen molar-refractivity contribution in [3.63, 3.8) is 0 Å². The Morgan fingerprint density at radius 3 is 2.11 bits per heavy atom. The normalized spacial score (nSPS) is 26.8. The fourth-order valence-electron chi connectivity index (χ4n) is 2.76. The lowest BCUT2D eigenvalue weighted by molar-refractivity contribution is -0.134. The van der Waals surface area contributed by atoms with Crippen molar-refractivity contribution in [2.24, 2.45) is 5.73 Å². The zero-order valence-electron chi connectivity index (χ0n) is 11.7. The average Bonchev–Trinajstić information content (AvgIpc) is 3.08. The van der Waals surface area contributed by atoms with E-state index in [1.807, 2.05) is 4.90 Å². The highest BCUT2D eigenvalue weighted by Crippen LogP contribution is 2.18. The first-order chi connectivity index (χ1) is 9.29. The number of rotatable bonds is 7. The molecule has 0 aromatic carbocycles. The van der Waals surface area contributed by atoms with Crippen molar-refractivity contribution < 1.29 is 14.3 Å². The molecule has 2 rings (SSSR count). The van der Waals surface area contributed by atoms with Gasteiger partial charge in [-0.1, -0.05) is 0 Å². The minimum Gasteiger partial charge on any atom is -0.376 e. The molecule has 0 aromatic rings. The van der Waals surface area contributed by atoms with Crippen molar-refractivity contribution in [3.8, 4) is 0 Å². The third kappa shape index (κ3) is 4.75. The molecule has 19 heavy (non-hydrogen) atoms. The number of carbonyl (C=O) groups excluding carboxylic acids is 1. The van der Waals surface area contributed by atoms with Gasteiger partial charge < -0.3 is 20.1 Å². The fourth-order valence-corrected chi connectivity index (χ4v) is 2.76. The molecule has 2 atom stereocenters. The van der Waals surface area contributed by atoms with E-state index in [0.717, 1.165) is 45.3 Å². The van der Waals surface area contributed by atoms with Crippen molar-refractivity contribution >= 4 is 5.91 Å². The molecule has 0 aromatic heterocycles. The number of hydrogen-bond acceptors (Lipinski definition) is 4. The summed E-state index contributed by atoms with van der Waals surface area (Å²) in [5.41, 5.74) is 5.48. The lowest BCUT2D eigenvalue weighted by atomic mass is 10.1. The Hall–Kier alpha value is -0.650. The van der Waals surface area contributed by atoms with Crippen LogP contribution >= 0.6 is 0 Å². The van der Waals surface area contributed by atoms with E-state index in [1.54, 1.807) is 0 Å². The zero-order valence-corrected chi connectivity index (χ0v) is 11.7. The van der Waals surface area contributed by atoms with E-state index >= 15 is 0 Å². The van der Waals surface area contributed by atoms with Crippen molar-refractivity contribution in [1.82, 2.24) is 4.90 Å². The molecule has 110 valence electrons. The number of ether oxygens (including phenoxy) is 2. The van der Waals surface area contributed by atoms with Gasteiger partial charge in [-0.2, -0.15) is 0 Å². The molecular weight excluding hydrogens is 244 g/mol. The van der Waals surface area contributed by atoms with Crippen LogP contribution in [0.15, 0.2) is 0 Å². The van der Waals surface area contributed by atoms with Crippen LogP contribution in [-0.4, -0.2) is 55.9 Å². The maximum atomic E-state index is 12.2. The molecule has 0 radical (unpaired) electrons. The van der Waals surface area contributed by atoms with Crippen molar-refractivity contribution in [2.75, 3.05) is 32.8 Å². The molecule has 5 nitrogen and oxygen atoms in total. The fraction of sp³-hybridized carbons (Fsp3) is 0.929. The van der Waals surface area contributed by atoms with Crippen LogP contribution < -0.4 is 5.73 Å². The molecule has 0 bridgehead atoms. The van der Waals surface area contributed by atoms with Gasteiger partial charge in [-0.3, -0.25) is 4.79 Å². The molecule has 2 unspecified atom stereocenters. The molecule has 0 spiro atoms. The SMILES string of the molecule is NCCCC(=O)N(CC1CCCO1)CC1CCCO1. The molecule has 2 saturated heterocycles.